The summed E-state index contributed by atoms with van der Waals surface area (Å²) in [5.41, 5.74) is 0.364. The summed E-state index contributed by atoms with van der Waals surface area (Å²) in [6.45, 7) is 1.77. The van der Waals surface area contributed by atoms with Crippen molar-refractivity contribution in [2.45, 2.75) is 11.8 Å². The van der Waals surface area contributed by atoms with E-state index in [2.05, 4.69) is 0 Å². The Morgan fingerprint density at radius 2 is 1.70 bits per heavy atom. The fraction of sp³-hybridized carbons (Fsp3) is 0.190. The van der Waals surface area contributed by atoms with Crippen LogP contribution in [-0.2, 0) is 14.8 Å². The Labute approximate surface area is 174 Å². The van der Waals surface area contributed by atoms with Crippen molar-refractivity contribution in [3.63, 3.8) is 0 Å². The van der Waals surface area contributed by atoms with Gasteiger partial charge in [0.05, 0.1) is 22.1 Å². The predicted octanol–water partition coefficient (Wildman–Crippen LogP) is 3.42. The zero-order valence-electron chi connectivity index (χ0n) is 16.6. The molecule has 0 aliphatic carbocycles. The predicted molar refractivity (Wildman–Crippen MR) is 115 cm³/mol. The van der Waals surface area contributed by atoms with Crippen LogP contribution in [0.15, 0.2) is 71.6 Å². The van der Waals surface area contributed by atoms with Gasteiger partial charge < -0.3 is 4.90 Å². The second-order valence-electron chi connectivity index (χ2n) is 6.65. The number of carbonyl (C=O) groups is 1. The van der Waals surface area contributed by atoms with Gasteiger partial charge in [-0.3, -0.25) is 14.9 Å². The number of nitro benzene ring substituents is 1. The van der Waals surface area contributed by atoms with E-state index in [4.69, 9.17) is 0 Å². The van der Waals surface area contributed by atoms with Crippen molar-refractivity contribution in [3.05, 3.63) is 76.8 Å². The second kappa shape index (κ2) is 8.60. The maximum Gasteiger partial charge on any atom is 0.270 e. The van der Waals surface area contributed by atoms with Gasteiger partial charge in [-0.2, -0.15) is 4.31 Å². The third-order valence-corrected chi connectivity index (χ3v) is 6.57. The van der Waals surface area contributed by atoms with Crippen LogP contribution in [-0.4, -0.2) is 43.7 Å². The Kier molecular flexibility index (Phi) is 6.14. The van der Waals surface area contributed by atoms with Gasteiger partial charge in [-0.25, -0.2) is 8.42 Å². The lowest BCUT2D eigenvalue weighted by Crippen LogP contribution is -2.41. The quantitative estimate of drug-likeness (QED) is 0.425. The number of hydrogen-bond donors (Lipinski definition) is 0. The molecule has 156 valence electrons. The maximum atomic E-state index is 13.0. The average molecular weight is 427 g/mol. The molecule has 3 aromatic carbocycles. The molecule has 0 saturated heterocycles. The van der Waals surface area contributed by atoms with Crippen molar-refractivity contribution in [3.8, 4) is 0 Å². The highest BCUT2D eigenvalue weighted by molar-refractivity contribution is 7.89. The summed E-state index contributed by atoms with van der Waals surface area (Å²) in [5.74, 6) is -0.398. The van der Waals surface area contributed by atoms with Gasteiger partial charge in [-0.1, -0.05) is 42.5 Å². The van der Waals surface area contributed by atoms with E-state index < -0.39 is 27.4 Å². The van der Waals surface area contributed by atoms with Crippen molar-refractivity contribution in [2.24, 2.45) is 0 Å². The normalized spacial score (nSPS) is 11.6. The Bertz CT molecular complexity index is 1200. The Morgan fingerprint density at radius 3 is 2.40 bits per heavy atom. The molecule has 0 spiro atoms. The summed E-state index contributed by atoms with van der Waals surface area (Å²) in [6, 6.07) is 18.0. The lowest BCUT2D eigenvalue weighted by atomic mass is 10.1. The van der Waals surface area contributed by atoms with Gasteiger partial charge in [-0.05, 0) is 24.4 Å². The van der Waals surface area contributed by atoms with Crippen molar-refractivity contribution in [1.29, 1.82) is 0 Å². The van der Waals surface area contributed by atoms with Gasteiger partial charge in [0.25, 0.3) is 5.69 Å². The Morgan fingerprint density at radius 1 is 1.03 bits per heavy atom. The molecule has 0 aliphatic heterocycles. The fourth-order valence-electron chi connectivity index (χ4n) is 3.22. The van der Waals surface area contributed by atoms with Crippen LogP contribution in [0.5, 0.6) is 0 Å². The monoisotopic (exact) mass is 427 g/mol. The minimum Gasteiger partial charge on any atom is -0.311 e. The molecule has 0 atom stereocenters. The SMILES string of the molecule is CCN(C(=O)CN(C)S(=O)(=O)c1cccc([N+](=O)[O-])c1)c1cccc2ccccc12. The van der Waals surface area contributed by atoms with Crippen molar-refractivity contribution in [1.82, 2.24) is 4.31 Å². The minimum atomic E-state index is -4.08. The number of benzene rings is 3. The van der Waals surface area contributed by atoms with Crippen LogP contribution in [0.4, 0.5) is 11.4 Å². The van der Waals surface area contributed by atoms with E-state index in [1.165, 1.54) is 30.1 Å². The second-order valence-corrected chi connectivity index (χ2v) is 8.70. The standard InChI is InChI=1S/C21H21N3O5S/c1-3-23(20-13-6-9-16-8-4-5-12-19(16)20)21(25)15-22(2)30(28,29)18-11-7-10-17(14-18)24(26)27/h4-14H,3,15H2,1-2H3. The van der Waals surface area contributed by atoms with Crippen LogP contribution < -0.4 is 4.90 Å². The third-order valence-electron chi connectivity index (χ3n) is 4.77. The number of fused-ring (bicyclic) bond motifs is 1. The summed E-state index contributed by atoms with van der Waals surface area (Å²) in [5, 5.41) is 12.8. The molecular weight excluding hydrogens is 406 g/mol. The number of non-ortho nitro benzene ring substituents is 1. The summed E-state index contributed by atoms with van der Waals surface area (Å²) in [7, 11) is -2.79. The number of carbonyl (C=O) groups excluding carboxylic acids is 1. The molecule has 8 nitrogen and oxygen atoms in total. The minimum absolute atomic E-state index is 0.236. The van der Waals surface area contributed by atoms with Crippen LogP contribution in [0.25, 0.3) is 10.8 Å². The number of amides is 1. The van der Waals surface area contributed by atoms with Crippen LogP contribution in [0.1, 0.15) is 6.92 Å². The number of hydrogen-bond acceptors (Lipinski definition) is 5. The lowest BCUT2D eigenvalue weighted by molar-refractivity contribution is -0.385. The highest BCUT2D eigenvalue weighted by atomic mass is 32.2. The molecule has 3 aromatic rings. The van der Waals surface area contributed by atoms with Crippen LogP contribution in [0, 0.1) is 10.1 Å². The molecular formula is C21H21N3O5S. The molecule has 0 bridgehead atoms. The lowest BCUT2D eigenvalue weighted by Gasteiger charge is -2.25. The van der Waals surface area contributed by atoms with E-state index >= 15 is 0 Å². The number of likely N-dealkylation sites (N-methyl/N-ethyl adjacent to an activating group) is 2. The zero-order chi connectivity index (χ0) is 21.9. The molecule has 0 fully saturated rings. The molecule has 0 heterocycles. The zero-order valence-corrected chi connectivity index (χ0v) is 17.4. The fourth-order valence-corrected chi connectivity index (χ4v) is 4.38. The molecule has 3 rings (SSSR count). The van der Waals surface area contributed by atoms with E-state index in [9.17, 15) is 23.3 Å². The van der Waals surface area contributed by atoms with E-state index in [1.54, 1.807) is 0 Å². The number of rotatable bonds is 7. The number of nitrogens with zero attached hydrogens (tertiary/aromatic N) is 3. The topological polar surface area (TPSA) is 101 Å². The van der Waals surface area contributed by atoms with Gasteiger partial charge in [0, 0.05) is 31.1 Å². The molecule has 0 aliphatic rings. The highest BCUT2D eigenvalue weighted by Gasteiger charge is 2.27. The van der Waals surface area contributed by atoms with Gasteiger partial charge >= 0.3 is 0 Å². The molecule has 0 aromatic heterocycles. The van der Waals surface area contributed by atoms with Gasteiger partial charge in [0.15, 0.2) is 0 Å². The van der Waals surface area contributed by atoms with Crippen molar-refractivity contribution >= 4 is 38.1 Å². The molecule has 1 amide bonds. The van der Waals surface area contributed by atoms with Crippen LogP contribution in [0.2, 0.25) is 0 Å². The van der Waals surface area contributed by atoms with Gasteiger partial charge in [0.1, 0.15) is 0 Å². The first-order valence-corrected chi connectivity index (χ1v) is 10.7. The summed E-state index contributed by atoms with van der Waals surface area (Å²) < 4.78 is 26.6. The molecule has 9 heteroatoms. The first kappa shape index (κ1) is 21.4. The van der Waals surface area contributed by atoms with E-state index in [1.807, 2.05) is 49.4 Å². The van der Waals surface area contributed by atoms with E-state index in [0.717, 1.165) is 21.1 Å². The maximum absolute atomic E-state index is 13.0. The number of anilines is 1. The van der Waals surface area contributed by atoms with Crippen molar-refractivity contribution in [2.75, 3.05) is 25.0 Å². The molecule has 0 N–H and O–H groups in total. The molecule has 0 saturated carbocycles. The Balaban J connectivity index is 1.88. The first-order valence-electron chi connectivity index (χ1n) is 9.24. The van der Waals surface area contributed by atoms with Crippen LogP contribution >= 0.6 is 0 Å². The van der Waals surface area contributed by atoms with Gasteiger partial charge in [-0.15, -0.1) is 0 Å². The summed E-state index contributed by atoms with van der Waals surface area (Å²) in [4.78, 5) is 24.6. The third kappa shape index (κ3) is 4.17. The smallest absolute Gasteiger partial charge is 0.270 e. The number of nitro groups is 1. The highest BCUT2D eigenvalue weighted by Crippen LogP contribution is 2.27. The van der Waals surface area contributed by atoms with E-state index in [0.29, 0.717) is 12.2 Å². The number of sulfonamides is 1. The molecule has 0 radical (unpaired) electrons. The van der Waals surface area contributed by atoms with E-state index in [-0.39, 0.29) is 10.6 Å². The first-order chi connectivity index (χ1) is 14.3. The average Bonchev–Trinajstić information content (AvgIpc) is 2.74. The molecule has 0 unspecified atom stereocenters. The Hall–Kier alpha value is -3.30. The van der Waals surface area contributed by atoms with Gasteiger partial charge in [0.2, 0.25) is 15.9 Å². The molecule has 30 heavy (non-hydrogen) atoms. The largest absolute Gasteiger partial charge is 0.311 e. The summed E-state index contributed by atoms with van der Waals surface area (Å²) in [6.07, 6.45) is 0. The van der Waals surface area contributed by atoms with Crippen LogP contribution in [0.3, 0.4) is 0 Å². The summed E-state index contributed by atoms with van der Waals surface area (Å²) >= 11 is 0. The van der Waals surface area contributed by atoms with Crippen molar-refractivity contribution < 1.29 is 18.1 Å².